The van der Waals surface area contributed by atoms with Gasteiger partial charge in [0.25, 0.3) is 11.5 Å². The first-order chi connectivity index (χ1) is 15.1. The lowest BCUT2D eigenvalue weighted by Crippen LogP contribution is -2.49. The highest BCUT2D eigenvalue weighted by Gasteiger charge is 2.40. The van der Waals surface area contributed by atoms with E-state index in [1.54, 1.807) is 19.1 Å². The average molecular weight is 489 g/mol. The van der Waals surface area contributed by atoms with Gasteiger partial charge < -0.3 is 5.32 Å². The standard InChI is InChI=1S/C21H21Cl2F3N4O2/c1-12-2-3-16(15(22)8-12)30(20(32)18(23)24)17(13-9-27-11-28-10-13)19(31)29-14-4-6-21(25,26)7-5-14/h2-3,8-11,14,17-18H,4-7H2,1H3,(H,29,31)/t17-,18+/m1/s1. The van der Waals surface area contributed by atoms with Gasteiger partial charge in [0.15, 0.2) is 0 Å². The molecular formula is C21H21Cl2F3N4O2. The molecule has 1 heterocycles. The predicted octanol–water partition coefficient (Wildman–Crippen LogP) is 4.74. The van der Waals surface area contributed by atoms with Crippen LogP contribution in [0.25, 0.3) is 0 Å². The minimum atomic E-state index is -2.77. The maximum absolute atomic E-state index is 14.0. The van der Waals surface area contributed by atoms with E-state index in [0.29, 0.717) is 0 Å². The largest absolute Gasteiger partial charge is 0.351 e. The first kappa shape index (κ1) is 24.3. The maximum atomic E-state index is 14.0. The van der Waals surface area contributed by atoms with E-state index >= 15 is 0 Å². The van der Waals surface area contributed by atoms with Crippen molar-refractivity contribution in [3.63, 3.8) is 0 Å². The zero-order valence-corrected chi connectivity index (χ0v) is 18.6. The second-order valence-corrected chi connectivity index (χ2v) is 8.47. The molecule has 0 bridgehead atoms. The summed E-state index contributed by atoms with van der Waals surface area (Å²) in [5, 5.41) is 2.80. The number of hydrogen-bond donors (Lipinski definition) is 1. The van der Waals surface area contributed by atoms with Crippen LogP contribution in [-0.4, -0.2) is 39.4 Å². The number of alkyl halides is 4. The molecule has 1 aromatic heterocycles. The molecule has 2 atom stereocenters. The number of hydrogen-bond acceptors (Lipinski definition) is 4. The number of nitrogens with one attached hydrogen (secondary N) is 1. The van der Waals surface area contributed by atoms with Crippen molar-refractivity contribution in [1.29, 1.82) is 0 Å². The van der Waals surface area contributed by atoms with E-state index in [9.17, 15) is 22.8 Å². The summed E-state index contributed by atoms with van der Waals surface area (Å²) in [7, 11) is 0. The third-order valence-corrected chi connectivity index (χ3v) is 5.74. The van der Waals surface area contributed by atoms with Crippen LogP contribution in [-0.2, 0) is 9.59 Å². The third-order valence-electron chi connectivity index (χ3n) is 5.25. The lowest BCUT2D eigenvalue weighted by Gasteiger charge is -2.34. The SMILES string of the molecule is Cc1ccc(N(C(=O)[C@H](F)Cl)[C@@H](C(=O)NC2CCC(F)(F)CC2)c2cncnc2)c(Cl)c1. The third kappa shape index (κ3) is 5.69. The highest BCUT2D eigenvalue weighted by molar-refractivity contribution is 6.36. The molecule has 1 aliphatic carbocycles. The Bertz CT molecular complexity index is 969. The Morgan fingerprint density at radius 1 is 1.22 bits per heavy atom. The van der Waals surface area contributed by atoms with E-state index in [2.05, 4.69) is 15.3 Å². The Morgan fingerprint density at radius 3 is 2.41 bits per heavy atom. The number of nitrogens with zero attached hydrogens (tertiary/aromatic N) is 3. The molecule has 1 saturated carbocycles. The van der Waals surface area contributed by atoms with Crippen LogP contribution in [0.15, 0.2) is 36.9 Å². The molecule has 172 valence electrons. The van der Waals surface area contributed by atoms with Crippen LogP contribution in [0.1, 0.15) is 42.9 Å². The van der Waals surface area contributed by atoms with Crippen molar-refractivity contribution in [2.45, 2.75) is 56.2 Å². The molecule has 1 N–H and O–H groups in total. The molecule has 1 fully saturated rings. The van der Waals surface area contributed by atoms with Crippen molar-refractivity contribution in [2.24, 2.45) is 0 Å². The molecule has 0 spiro atoms. The Hall–Kier alpha value is -2.39. The second kappa shape index (κ2) is 10.0. The number of aryl methyl sites for hydroxylation is 1. The Labute approximate surface area is 193 Å². The van der Waals surface area contributed by atoms with E-state index in [1.165, 1.54) is 24.8 Å². The minimum absolute atomic E-state index is 0.0600. The maximum Gasteiger partial charge on any atom is 0.278 e. The number of carbonyl (C=O) groups is 2. The molecule has 1 aromatic carbocycles. The molecule has 0 saturated heterocycles. The summed E-state index contributed by atoms with van der Waals surface area (Å²) < 4.78 is 41.0. The fourth-order valence-electron chi connectivity index (χ4n) is 3.63. The summed E-state index contributed by atoms with van der Waals surface area (Å²) in [6.07, 6.45) is 3.24. The molecule has 0 unspecified atom stereocenters. The molecule has 1 aliphatic rings. The molecule has 0 radical (unpaired) electrons. The van der Waals surface area contributed by atoms with Gasteiger partial charge in [0.2, 0.25) is 11.8 Å². The van der Waals surface area contributed by atoms with Crippen LogP contribution < -0.4 is 10.2 Å². The topological polar surface area (TPSA) is 75.2 Å². The van der Waals surface area contributed by atoms with Crippen LogP contribution in [0.4, 0.5) is 18.9 Å². The van der Waals surface area contributed by atoms with Crippen molar-refractivity contribution in [1.82, 2.24) is 15.3 Å². The van der Waals surface area contributed by atoms with Crippen molar-refractivity contribution in [2.75, 3.05) is 4.90 Å². The molecule has 0 aliphatic heterocycles. The zero-order chi connectivity index (χ0) is 23.5. The Kier molecular flexibility index (Phi) is 7.61. The number of aromatic nitrogens is 2. The summed E-state index contributed by atoms with van der Waals surface area (Å²) in [4.78, 5) is 34.8. The van der Waals surface area contributed by atoms with Gasteiger partial charge in [0, 0.05) is 36.8 Å². The molecule has 2 aromatic rings. The molecule has 6 nitrogen and oxygen atoms in total. The van der Waals surface area contributed by atoms with Crippen molar-refractivity contribution >= 4 is 40.7 Å². The van der Waals surface area contributed by atoms with Gasteiger partial charge in [-0.3, -0.25) is 14.5 Å². The number of amides is 2. The Balaban J connectivity index is 2.01. The first-order valence-electron chi connectivity index (χ1n) is 9.89. The summed E-state index contributed by atoms with van der Waals surface area (Å²) in [5.74, 6) is -4.69. The summed E-state index contributed by atoms with van der Waals surface area (Å²) in [6, 6.07) is 2.71. The predicted molar refractivity (Wildman–Crippen MR) is 115 cm³/mol. The summed E-state index contributed by atoms with van der Waals surface area (Å²) in [5.41, 5.74) is -1.44. The normalized spacial score (nSPS) is 17.9. The number of carbonyl (C=O) groups excluding carboxylic acids is 2. The van der Waals surface area contributed by atoms with Crippen molar-refractivity contribution < 1.29 is 22.8 Å². The van der Waals surface area contributed by atoms with E-state index in [-0.39, 0.29) is 42.0 Å². The number of halogens is 5. The minimum Gasteiger partial charge on any atom is -0.351 e. The van der Waals surface area contributed by atoms with Gasteiger partial charge in [0.05, 0.1) is 10.7 Å². The number of benzene rings is 1. The molecular weight excluding hydrogens is 468 g/mol. The van der Waals surface area contributed by atoms with Crippen molar-refractivity contribution in [3.8, 4) is 0 Å². The number of rotatable bonds is 6. The van der Waals surface area contributed by atoms with E-state index in [0.717, 1.165) is 10.5 Å². The fourth-order valence-corrected chi connectivity index (χ4v) is 4.06. The number of anilines is 1. The summed E-state index contributed by atoms with van der Waals surface area (Å²) >= 11 is 11.8. The van der Waals surface area contributed by atoms with Gasteiger partial charge in [-0.1, -0.05) is 29.3 Å². The van der Waals surface area contributed by atoms with Crippen LogP contribution in [0, 0.1) is 6.92 Å². The van der Waals surface area contributed by atoms with Crippen LogP contribution in [0.2, 0.25) is 5.02 Å². The lowest BCUT2D eigenvalue weighted by atomic mass is 9.92. The van der Waals surface area contributed by atoms with Crippen LogP contribution in [0.3, 0.4) is 0 Å². The van der Waals surface area contributed by atoms with Gasteiger partial charge >= 0.3 is 0 Å². The van der Waals surface area contributed by atoms with Gasteiger partial charge in [-0.2, -0.15) is 0 Å². The molecule has 3 rings (SSSR count). The lowest BCUT2D eigenvalue weighted by molar-refractivity contribution is -0.128. The van der Waals surface area contributed by atoms with Gasteiger partial charge in [-0.25, -0.2) is 23.1 Å². The molecule has 32 heavy (non-hydrogen) atoms. The monoisotopic (exact) mass is 488 g/mol. The molecule has 11 heteroatoms. The second-order valence-electron chi connectivity index (χ2n) is 7.68. The van der Waals surface area contributed by atoms with Gasteiger partial charge in [0.1, 0.15) is 12.4 Å². The zero-order valence-electron chi connectivity index (χ0n) is 17.1. The van der Waals surface area contributed by atoms with Crippen LogP contribution in [0.5, 0.6) is 0 Å². The van der Waals surface area contributed by atoms with Gasteiger partial charge in [-0.05, 0) is 37.5 Å². The summed E-state index contributed by atoms with van der Waals surface area (Å²) in [6.45, 7) is 1.77. The average Bonchev–Trinajstić information content (AvgIpc) is 2.74. The highest BCUT2D eigenvalue weighted by Crippen LogP contribution is 2.36. The van der Waals surface area contributed by atoms with Gasteiger partial charge in [-0.15, -0.1) is 0 Å². The van der Waals surface area contributed by atoms with E-state index < -0.39 is 35.5 Å². The van der Waals surface area contributed by atoms with E-state index in [1.807, 2.05) is 0 Å². The smallest absolute Gasteiger partial charge is 0.278 e. The van der Waals surface area contributed by atoms with Crippen LogP contribution >= 0.6 is 23.2 Å². The Morgan fingerprint density at radius 2 is 1.84 bits per heavy atom. The quantitative estimate of drug-likeness (QED) is 0.595. The highest BCUT2D eigenvalue weighted by atomic mass is 35.5. The van der Waals surface area contributed by atoms with E-state index in [4.69, 9.17) is 23.2 Å². The van der Waals surface area contributed by atoms with Crippen molar-refractivity contribution in [3.05, 3.63) is 53.1 Å². The molecule has 2 amide bonds. The fraction of sp³-hybridized carbons (Fsp3) is 0.429. The first-order valence-corrected chi connectivity index (χ1v) is 10.7.